The molecule has 1 heterocycles. The lowest BCUT2D eigenvalue weighted by molar-refractivity contribution is 0.114. The molecule has 0 aromatic heterocycles. The van der Waals surface area contributed by atoms with Crippen LogP contribution >= 0.6 is 11.6 Å². The van der Waals surface area contributed by atoms with Crippen molar-refractivity contribution in [2.45, 2.75) is 32.7 Å². The van der Waals surface area contributed by atoms with Crippen molar-refractivity contribution < 1.29 is 4.74 Å². The number of ether oxygens (including phenoxy) is 1. The van der Waals surface area contributed by atoms with E-state index in [-0.39, 0.29) is 6.04 Å². The van der Waals surface area contributed by atoms with Gasteiger partial charge in [0.05, 0.1) is 17.7 Å². The number of hydrogen-bond acceptors (Lipinski definition) is 4. The van der Waals surface area contributed by atoms with Crippen LogP contribution in [-0.4, -0.2) is 49.1 Å². The largest absolute Gasteiger partial charge is 0.492 e. The molecule has 1 saturated heterocycles. The second kappa shape index (κ2) is 9.12. The predicted molar refractivity (Wildman–Crippen MR) is 93.9 cm³/mol. The number of benzene rings is 1. The molecule has 5 heteroatoms. The first-order valence-corrected chi connectivity index (χ1v) is 8.85. The molecule has 0 radical (unpaired) electrons. The molecule has 1 fully saturated rings. The molecule has 23 heavy (non-hydrogen) atoms. The van der Waals surface area contributed by atoms with E-state index in [0.717, 1.165) is 44.7 Å². The zero-order chi connectivity index (χ0) is 16.7. The van der Waals surface area contributed by atoms with E-state index in [0.29, 0.717) is 17.4 Å². The molecule has 126 valence electrons. The van der Waals surface area contributed by atoms with Crippen molar-refractivity contribution in [1.29, 1.82) is 5.26 Å². The van der Waals surface area contributed by atoms with Gasteiger partial charge >= 0.3 is 0 Å². The standard InChI is InChI=1S/C18H26ClN3O/c1-3-7-21-8-10-22(11-9-21)17(14-20)15-5-6-18(16(19)13-15)23-12-4-2/h5-6,13,17H,3-4,7-12H2,1-2H3. The average Bonchev–Trinajstić information content (AvgIpc) is 2.56. The van der Waals surface area contributed by atoms with Gasteiger partial charge in [0.2, 0.25) is 0 Å². The summed E-state index contributed by atoms with van der Waals surface area (Å²) in [5.74, 6) is 0.696. The lowest BCUT2D eigenvalue weighted by Crippen LogP contribution is -2.47. The minimum absolute atomic E-state index is 0.239. The molecule has 0 spiro atoms. The van der Waals surface area contributed by atoms with Gasteiger partial charge < -0.3 is 9.64 Å². The number of nitrogens with zero attached hydrogens (tertiary/aromatic N) is 3. The maximum atomic E-state index is 9.62. The number of piperazine rings is 1. The summed E-state index contributed by atoms with van der Waals surface area (Å²) in [5.41, 5.74) is 0.949. The maximum absolute atomic E-state index is 9.62. The summed E-state index contributed by atoms with van der Waals surface area (Å²) in [7, 11) is 0. The first-order chi connectivity index (χ1) is 11.2. The van der Waals surface area contributed by atoms with Gasteiger partial charge in [0, 0.05) is 26.2 Å². The van der Waals surface area contributed by atoms with Gasteiger partial charge in [0.25, 0.3) is 0 Å². The van der Waals surface area contributed by atoms with Gasteiger partial charge in [0.15, 0.2) is 0 Å². The van der Waals surface area contributed by atoms with Crippen LogP contribution in [0.1, 0.15) is 38.3 Å². The summed E-state index contributed by atoms with van der Waals surface area (Å²) < 4.78 is 5.61. The van der Waals surface area contributed by atoms with E-state index in [2.05, 4.69) is 29.7 Å². The molecule has 1 aliphatic heterocycles. The van der Waals surface area contributed by atoms with E-state index in [1.807, 2.05) is 18.2 Å². The van der Waals surface area contributed by atoms with Crippen LogP contribution in [0.3, 0.4) is 0 Å². The van der Waals surface area contributed by atoms with Crippen molar-refractivity contribution in [1.82, 2.24) is 9.80 Å². The Kier molecular flexibility index (Phi) is 7.16. The van der Waals surface area contributed by atoms with Gasteiger partial charge in [0.1, 0.15) is 11.8 Å². The van der Waals surface area contributed by atoms with Crippen LogP contribution < -0.4 is 4.74 Å². The summed E-state index contributed by atoms with van der Waals surface area (Å²) >= 11 is 6.31. The molecule has 1 unspecified atom stereocenters. The van der Waals surface area contributed by atoms with E-state index in [1.165, 1.54) is 6.42 Å². The van der Waals surface area contributed by atoms with Crippen molar-refractivity contribution >= 4 is 11.6 Å². The molecular weight excluding hydrogens is 310 g/mol. The lowest BCUT2D eigenvalue weighted by atomic mass is 10.1. The molecule has 0 saturated carbocycles. The first kappa shape index (κ1) is 18.1. The third-order valence-electron chi connectivity index (χ3n) is 4.17. The van der Waals surface area contributed by atoms with E-state index in [9.17, 15) is 5.26 Å². The zero-order valence-corrected chi connectivity index (χ0v) is 14.9. The molecule has 4 nitrogen and oxygen atoms in total. The van der Waals surface area contributed by atoms with Crippen LogP contribution in [0.5, 0.6) is 5.75 Å². The Bertz CT molecular complexity index is 536. The quantitative estimate of drug-likeness (QED) is 0.761. The molecule has 0 bridgehead atoms. The summed E-state index contributed by atoms with van der Waals surface area (Å²) in [6, 6.07) is 7.91. The van der Waals surface area contributed by atoms with Crippen LogP contribution in [0, 0.1) is 11.3 Å². The average molecular weight is 336 g/mol. The van der Waals surface area contributed by atoms with Crippen LogP contribution in [0.2, 0.25) is 5.02 Å². The third kappa shape index (κ3) is 4.84. The number of halogens is 1. The Morgan fingerprint density at radius 1 is 1.22 bits per heavy atom. The molecule has 1 aliphatic rings. The Balaban J connectivity index is 2.04. The molecule has 1 atom stereocenters. The maximum Gasteiger partial charge on any atom is 0.137 e. The molecule has 1 aromatic carbocycles. The highest BCUT2D eigenvalue weighted by atomic mass is 35.5. The minimum Gasteiger partial charge on any atom is -0.492 e. The van der Waals surface area contributed by atoms with Crippen molar-refractivity contribution in [3.8, 4) is 11.8 Å². The summed E-state index contributed by atoms with van der Waals surface area (Å²) in [4.78, 5) is 4.70. The third-order valence-corrected chi connectivity index (χ3v) is 4.46. The zero-order valence-electron chi connectivity index (χ0n) is 14.1. The smallest absolute Gasteiger partial charge is 0.137 e. The van der Waals surface area contributed by atoms with Crippen LogP contribution in [0.15, 0.2) is 18.2 Å². The van der Waals surface area contributed by atoms with Gasteiger partial charge in [-0.25, -0.2) is 0 Å². The SMILES string of the molecule is CCCOc1ccc(C(C#N)N2CCN(CCC)CC2)cc1Cl. The monoisotopic (exact) mass is 335 g/mol. The van der Waals surface area contributed by atoms with Crippen LogP contribution in [-0.2, 0) is 0 Å². The van der Waals surface area contributed by atoms with Gasteiger partial charge in [-0.15, -0.1) is 0 Å². The summed E-state index contributed by atoms with van der Waals surface area (Å²) in [6.45, 7) is 9.95. The molecule has 0 amide bonds. The highest BCUT2D eigenvalue weighted by molar-refractivity contribution is 6.32. The summed E-state index contributed by atoms with van der Waals surface area (Å²) in [6.07, 6.45) is 2.12. The van der Waals surface area contributed by atoms with E-state index < -0.39 is 0 Å². The summed E-state index contributed by atoms with van der Waals surface area (Å²) in [5, 5.41) is 10.2. The van der Waals surface area contributed by atoms with Crippen molar-refractivity contribution in [2.24, 2.45) is 0 Å². The van der Waals surface area contributed by atoms with Crippen LogP contribution in [0.4, 0.5) is 0 Å². The fourth-order valence-corrected chi connectivity index (χ4v) is 3.19. The van der Waals surface area contributed by atoms with Gasteiger partial charge in [-0.2, -0.15) is 5.26 Å². The van der Waals surface area contributed by atoms with E-state index >= 15 is 0 Å². The lowest BCUT2D eigenvalue weighted by Gasteiger charge is -2.37. The van der Waals surface area contributed by atoms with Gasteiger partial charge in [-0.1, -0.05) is 31.5 Å². The molecule has 0 aliphatic carbocycles. The molecule has 0 N–H and O–H groups in total. The number of hydrogen-bond donors (Lipinski definition) is 0. The highest BCUT2D eigenvalue weighted by Crippen LogP contribution is 2.30. The molecule has 1 aromatic rings. The van der Waals surface area contributed by atoms with Crippen molar-refractivity contribution in [2.75, 3.05) is 39.3 Å². The fraction of sp³-hybridized carbons (Fsp3) is 0.611. The highest BCUT2D eigenvalue weighted by Gasteiger charge is 2.25. The second-order valence-corrected chi connectivity index (χ2v) is 6.35. The van der Waals surface area contributed by atoms with Gasteiger partial charge in [-0.05, 0) is 37.1 Å². The Morgan fingerprint density at radius 2 is 1.96 bits per heavy atom. The minimum atomic E-state index is -0.239. The van der Waals surface area contributed by atoms with E-state index in [4.69, 9.17) is 16.3 Å². The number of rotatable bonds is 7. The van der Waals surface area contributed by atoms with Gasteiger partial charge in [-0.3, -0.25) is 4.90 Å². The number of nitriles is 1. The van der Waals surface area contributed by atoms with Crippen molar-refractivity contribution in [3.05, 3.63) is 28.8 Å². The van der Waals surface area contributed by atoms with Crippen molar-refractivity contribution in [3.63, 3.8) is 0 Å². The Labute approximate surface area is 144 Å². The molecular formula is C18H26ClN3O. The Hall–Kier alpha value is -1.28. The molecule has 2 rings (SSSR count). The topological polar surface area (TPSA) is 39.5 Å². The van der Waals surface area contributed by atoms with E-state index in [1.54, 1.807) is 0 Å². The fourth-order valence-electron chi connectivity index (χ4n) is 2.94. The second-order valence-electron chi connectivity index (χ2n) is 5.95. The normalized spacial score (nSPS) is 17.7. The Morgan fingerprint density at radius 3 is 2.52 bits per heavy atom. The van der Waals surface area contributed by atoms with Crippen LogP contribution in [0.25, 0.3) is 0 Å². The first-order valence-electron chi connectivity index (χ1n) is 8.47. The predicted octanol–water partition coefficient (Wildman–Crippen LogP) is 3.72.